The Morgan fingerprint density at radius 1 is 1.38 bits per heavy atom. The van der Waals surface area contributed by atoms with E-state index < -0.39 is 12.0 Å². The van der Waals surface area contributed by atoms with Crippen LogP contribution in [-0.2, 0) is 16.6 Å². The fraction of sp³-hybridized carbons (Fsp3) is 0.278. The van der Waals surface area contributed by atoms with Gasteiger partial charge in [0.1, 0.15) is 0 Å². The fourth-order valence-electron chi connectivity index (χ4n) is 2.85. The SMILES string of the molecule is COC(=O)C1=C(CSc2nccn2C)NC(=O)NC1c1ccccc1C. The summed E-state index contributed by atoms with van der Waals surface area (Å²) >= 11 is 1.44. The molecule has 7 nitrogen and oxygen atoms in total. The number of rotatable bonds is 5. The smallest absolute Gasteiger partial charge is 0.338 e. The number of imidazole rings is 1. The maximum Gasteiger partial charge on any atom is 0.338 e. The summed E-state index contributed by atoms with van der Waals surface area (Å²) < 4.78 is 6.87. The summed E-state index contributed by atoms with van der Waals surface area (Å²) in [5.74, 6) is -0.0772. The van der Waals surface area contributed by atoms with Crippen LogP contribution in [0.4, 0.5) is 4.79 Å². The highest BCUT2D eigenvalue weighted by molar-refractivity contribution is 7.99. The number of nitrogens with one attached hydrogen (secondary N) is 2. The summed E-state index contributed by atoms with van der Waals surface area (Å²) in [6.45, 7) is 1.95. The summed E-state index contributed by atoms with van der Waals surface area (Å²) in [5.41, 5.74) is 2.78. The third-order valence-corrected chi connectivity index (χ3v) is 5.27. The zero-order valence-corrected chi connectivity index (χ0v) is 15.6. The van der Waals surface area contributed by atoms with Crippen molar-refractivity contribution >= 4 is 23.8 Å². The number of amides is 2. The Labute approximate surface area is 155 Å². The molecule has 0 saturated carbocycles. The number of ether oxygens (including phenoxy) is 1. The summed E-state index contributed by atoms with van der Waals surface area (Å²) in [6, 6.07) is 6.74. The predicted octanol–water partition coefficient (Wildman–Crippen LogP) is 2.30. The van der Waals surface area contributed by atoms with Crippen LogP contribution in [0.5, 0.6) is 0 Å². The second-order valence-corrected chi connectivity index (χ2v) is 6.82. The van der Waals surface area contributed by atoms with E-state index in [1.165, 1.54) is 18.9 Å². The van der Waals surface area contributed by atoms with Gasteiger partial charge < -0.3 is 19.9 Å². The van der Waals surface area contributed by atoms with Gasteiger partial charge in [-0.05, 0) is 18.1 Å². The minimum atomic E-state index is -0.561. The molecule has 0 fully saturated rings. The van der Waals surface area contributed by atoms with E-state index >= 15 is 0 Å². The molecule has 0 aliphatic carbocycles. The highest BCUT2D eigenvalue weighted by Gasteiger charge is 2.34. The first-order chi connectivity index (χ1) is 12.5. The number of benzene rings is 1. The molecule has 1 aliphatic heterocycles. The molecule has 0 radical (unpaired) electrons. The molecular formula is C18H20N4O3S. The second kappa shape index (κ2) is 7.65. The lowest BCUT2D eigenvalue weighted by molar-refractivity contribution is -0.136. The van der Waals surface area contributed by atoms with E-state index in [-0.39, 0.29) is 6.03 Å². The average molecular weight is 372 g/mol. The van der Waals surface area contributed by atoms with Crippen LogP contribution < -0.4 is 10.6 Å². The van der Waals surface area contributed by atoms with Crippen LogP contribution in [0, 0.1) is 6.92 Å². The van der Waals surface area contributed by atoms with Crippen molar-refractivity contribution in [3.8, 4) is 0 Å². The molecule has 26 heavy (non-hydrogen) atoms. The number of carbonyl (C=O) groups is 2. The molecule has 2 N–H and O–H groups in total. The van der Waals surface area contributed by atoms with Gasteiger partial charge in [-0.2, -0.15) is 0 Å². The van der Waals surface area contributed by atoms with Crippen molar-refractivity contribution in [1.29, 1.82) is 0 Å². The van der Waals surface area contributed by atoms with Crippen LogP contribution in [0.15, 0.2) is 53.1 Å². The van der Waals surface area contributed by atoms with Crippen molar-refractivity contribution in [3.63, 3.8) is 0 Å². The topological polar surface area (TPSA) is 85.2 Å². The molecule has 0 spiro atoms. The van der Waals surface area contributed by atoms with Gasteiger partial charge in [0.2, 0.25) is 0 Å². The molecule has 0 bridgehead atoms. The molecule has 1 aromatic heterocycles. The average Bonchev–Trinajstić information content (AvgIpc) is 3.04. The summed E-state index contributed by atoms with van der Waals surface area (Å²) in [4.78, 5) is 29.0. The van der Waals surface area contributed by atoms with Gasteiger partial charge in [0.05, 0.1) is 18.7 Å². The number of carbonyl (C=O) groups excluding carboxylic acids is 2. The van der Waals surface area contributed by atoms with Crippen molar-refractivity contribution in [3.05, 3.63) is 59.1 Å². The largest absolute Gasteiger partial charge is 0.466 e. The molecule has 2 heterocycles. The molecule has 136 valence electrons. The zero-order valence-electron chi connectivity index (χ0n) is 14.8. The normalized spacial score (nSPS) is 16.9. The van der Waals surface area contributed by atoms with E-state index in [9.17, 15) is 9.59 Å². The minimum Gasteiger partial charge on any atom is -0.466 e. The zero-order chi connectivity index (χ0) is 18.7. The van der Waals surface area contributed by atoms with Crippen molar-refractivity contribution in [2.75, 3.05) is 12.9 Å². The molecule has 3 rings (SSSR count). The van der Waals surface area contributed by atoms with Crippen molar-refractivity contribution in [2.45, 2.75) is 18.1 Å². The maximum atomic E-state index is 12.5. The van der Waals surface area contributed by atoms with E-state index in [2.05, 4.69) is 15.6 Å². The quantitative estimate of drug-likeness (QED) is 0.621. The third kappa shape index (κ3) is 3.60. The number of aromatic nitrogens is 2. The summed E-state index contributed by atoms with van der Waals surface area (Å²) in [6.07, 6.45) is 3.55. The molecule has 1 atom stereocenters. The first-order valence-electron chi connectivity index (χ1n) is 8.05. The number of methoxy groups -OCH3 is 1. The fourth-order valence-corrected chi connectivity index (χ4v) is 3.76. The number of urea groups is 1. The molecule has 2 amide bonds. The van der Waals surface area contributed by atoms with Crippen molar-refractivity contribution in [2.24, 2.45) is 7.05 Å². The van der Waals surface area contributed by atoms with Crippen LogP contribution in [0.1, 0.15) is 17.2 Å². The van der Waals surface area contributed by atoms with Gasteiger partial charge in [-0.25, -0.2) is 14.6 Å². The van der Waals surface area contributed by atoms with E-state index in [0.717, 1.165) is 16.3 Å². The Balaban J connectivity index is 2.00. The lowest BCUT2D eigenvalue weighted by atomic mass is 9.92. The number of hydrogen-bond donors (Lipinski definition) is 2. The summed E-state index contributed by atoms with van der Waals surface area (Å²) in [5, 5.41) is 6.38. The van der Waals surface area contributed by atoms with Gasteiger partial charge in [-0.3, -0.25) is 0 Å². The van der Waals surface area contributed by atoms with Crippen molar-refractivity contribution < 1.29 is 14.3 Å². The standard InChI is InChI=1S/C18H20N4O3S/c1-11-6-4-5-7-12(11)15-14(16(23)25-3)13(20-17(24)21-15)10-26-18-19-8-9-22(18)2/h4-9,15H,10H2,1-3H3,(H2,20,21,24). The highest BCUT2D eigenvalue weighted by atomic mass is 32.2. The molecular weight excluding hydrogens is 352 g/mol. The Kier molecular flexibility index (Phi) is 5.32. The lowest BCUT2D eigenvalue weighted by Gasteiger charge is -2.29. The molecule has 1 aromatic carbocycles. The van der Waals surface area contributed by atoms with Gasteiger partial charge in [0, 0.05) is 30.9 Å². The van der Waals surface area contributed by atoms with Gasteiger partial charge >= 0.3 is 12.0 Å². The van der Waals surface area contributed by atoms with Gasteiger partial charge in [-0.1, -0.05) is 36.0 Å². The predicted molar refractivity (Wildman–Crippen MR) is 98.6 cm³/mol. The lowest BCUT2D eigenvalue weighted by Crippen LogP contribution is -2.46. The van der Waals surface area contributed by atoms with Gasteiger partial charge in [0.25, 0.3) is 0 Å². The summed E-state index contributed by atoms with van der Waals surface area (Å²) in [7, 11) is 3.23. The van der Waals surface area contributed by atoms with E-state index in [1.807, 2.05) is 49.0 Å². The van der Waals surface area contributed by atoms with Crippen LogP contribution in [0.3, 0.4) is 0 Å². The van der Waals surface area contributed by atoms with Gasteiger partial charge in [0.15, 0.2) is 5.16 Å². The molecule has 2 aromatic rings. The van der Waals surface area contributed by atoms with E-state index in [4.69, 9.17) is 4.74 Å². The molecule has 0 saturated heterocycles. The number of thioether (sulfide) groups is 1. The maximum absolute atomic E-state index is 12.5. The van der Waals surface area contributed by atoms with Crippen LogP contribution in [-0.4, -0.2) is 34.4 Å². The van der Waals surface area contributed by atoms with Crippen LogP contribution in [0.2, 0.25) is 0 Å². The minimum absolute atomic E-state index is 0.346. The number of hydrogen-bond acceptors (Lipinski definition) is 5. The van der Waals surface area contributed by atoms with Crippen LogP contribution in [0.25, 0.3) is 0 Å². The first-order valence-corrected chi connectivity index (χ1v) is 9.04. The molecule has 8 heteroatoms. The van der Waals surface area contributed by atoms with Crippen LogP contribution >= 0.6 is 11.8 Å². The Morgan fingerprint density at radius 3 is 2.81 bits per heavy atom. The third-order valence-electron chi connectivity index (χ3n) is 4.18. The molecule has 1 unspecified atom stereocenters. The Morgan fingerprint density at radius 2 is 2.15 bits per heavy atom. The highest BCUT2D eigenvalue weighted by Crippen LogP contribution is 2.31. The van der Waals surface area contributed by atoms with Gasteiger partial charge in [-0.15, -0.1) is 0 Å². The molecule has 1 aliphatic rings. The number of esters is 1. The first kappa shape index (κ1) is 18.1. The Bertz CT molecular complexity index is 875. The number of aryl methyl sites for hydroxylation is 2. The van der Waals surface area contributed by atoms with E-state index in [0.29, 0.717) is 17.0 Å². The van der Waals surface area contributed by atoms with Crippen molar-refractivity contribution in [1.82, 2.24) is 20.2 Å². The monoisotopic (exact) mass is 372 g/mol. The van der Waals surface area contributed by atoms with E-state index in [1.54, 1.807) is 6.20 Å². The second-order valence-electron chi connectivity index (χ2n) is 5.88. The number of nitrogens with zero attached hydrogens (tertiary/aromatic N) is 2. The Hall–Kier alpha value is -2.74.